The second-order valence-electron chi connectivity index (χ2n) is 4.20. The van der Waals surface area contributed by atoms with E-state index in [0.717, 1.165) is 24.2 Å². The average Bonchev–Trinajstić information content (AvgIpc) is 2.32. The maximum atomic E-state index is 13.0. The van der Waals surface area contributed by atoms with Gasteiger partial charge >= 0.3 is 0 Å². The lowest BCUT2D eigenvalue weighted by Crippen LogP contribution is -2.21. The van der Waals surface area contributed by atoms with Crippen LogP contribution in [0, 0.1) is 5.82 Å². The summed E-state index contributed by atoms with van der Waals surface area (Å²) in [6.07, 6.45) is 3.29. The van der Waals surface area contributed by atoms with Crippen molar-refractivity contribution in [1.82, 2.24) is 4.90 Å². The first kappa shape index (κ1) is 14.5. The zero-order valence-electron chi connectivity index (χ0n) is 10.6. The second kappa shape index (κ2) is 7.69. The molecule has 1 aromatic rings. The molecule has 17 heavy (non-hydrogen) atoms. The maximum Gasteiger partial charge on any atom is 0.123 e. The van der Waals surface area contributed by atoms with Crippen molar-refractivity contribution in [2.75, 3.05) is 25.6 Å². The van der Waals surface area contributed by atoms with Gasteiger partial charge in [0.1, 0.15) is 5.82 Å². The van der Waals surface area contributed by atoms with Crippen LogP contribution in [0.3, 0.4) is 0 Å². The number of nitrogens with two attached hydrogens (primary N) is 1. The molecule has 0 saturated carbocycles. The Hall–Kier alpha value is -0.580. The van der Waals surface area contributed by atoms with Crippen LogP contribution in [0.15, 0.2) is 18.2 Å². The number of hydrogen-bond acceptors (Lipinski definition) is 3. The monoisotopic (exact) mass is 256 g/mol. The van der Waals surface area contributed by atoms with Crippen LogP contribution in [-0.2, 0) is 13.1 Å². The molecule has 0 aliphatic heterocycles. The third-order valence-corrected chi connectivity index (χ3v) is 3.41. The van der Waals surface area contributed by atoms with Gasteiger partial charge < -0.3 is 10.6 Å². The van der Waals surface area contributed by atoms with Gasteiger partial charge in [-0.2, -0.15) is 11.8 Å². The van der Waals surface area contributed by atoms with Crippen molar-refractivity contribution in [2.45, 2.75) is 19.5 Å². The van der Waals surface area contributed by atoms with Crippen molar-refractivity contribution < 1.29 is 4.39 Å². The average molecular weight is 256 g/mol. The minimum Gasteiger partial charge on any atom is -0.326 e. The summed E-state index contributed by atoms with van der Waals surface area (Å²) in [5.74, 6) is 0.969. The Bertz CT molecular complexity index is 344. The molecule has 0 radical (unpaired) electrons. The SMILES string of the molecule is CSCCCN(C)Cc1ccc(F)cc1CN. The molecule has 0 amide bonds. The minimum absolute atomic E-state index is 0.209. The van der Waals surface area contributed by atoms with Crippen molar-refractivity contribution in [3.05, 3.63) is 35.1 Å². The van der Waals surface area contributed by atoms with E-state index in [1.807, 2.05) is 17.8 Å². The van der Waals surface area contributed by atoms with E-state index in [1.54, 1.807) is 0 Å². The summed E-state index contributed by atoms with van der Waals surface area (Å²) >= 11 is 1.86. The number of thioether (sulfide) groups is 1. The number of benzene rings is 1. The summed E-state index contributed by atoms with van der Waals surface area (Å²) in [7, 11) is 2.09. The van der Waals surface area contributed by atoms with Crippen molar-refractivity contribution in [3.8, 4) is 0 Å². The van der Waals surface area contributed by atoms with Gasteiger partial charge in [0.15, 0.2) is 0 Å². The molecule has 0 aliphatic rings. The predicted octanol–water partition coefficient (Wildman–Crippen LogP) is 2.47. The molecule has 0 atom stereocenters. The summed E-state index contributed by atoms with van der Waals surface area (Å²) < 4.78 is 13.0. The van der Waals surface area contributed by atoms with Gasteiger partial charge in [-0.05, 0) is 55.3 Å². The molecule has 0 fully saturated rings. The van der Waals surface area contributed by atoms with Gasteiger partial charge in [0.2, 0.25) is 0 Å². The Morgan fingerprint density at radius 1 is 1.35 bits per heavy atom. The van der Waals surface area contributed by atoms with Crippen LogP contribution in [0.25, 0.3) is 0 Å². The quantitative estimate of drug-likeness (QED) is 0.760. The van der Waals surface area contributed by atoms with Crippen LogP contribution < -0.4 is 5.73 Å². The van der Waals surface area contributed by atoms with Gasteiger partial charge in [-0.3, -0.25) is 0 Å². The lowest BCUT2D eigenvalue weighted by Gasteiger charge is -2.18. The molecule has 1 rings (SSSR count). The summed E-state index contributed by atoms with van der Waals surface area (Å²) in [5, 5.41) is 0. The molecule has 2 nitrogen and oxygen atoms in total. The number of nitrogens with zero attached hydrogens (tertiary/aromatic N) is 1. The molecule has 0 spiro atoms. The summed E-state index contributed by atoms with van der Waals surface area (Å²) in [6.45, 7) is 2.29. The zero-order valence-corrected chi connectivity index (χ0v) is 11.4. The molecule has 0 saturated heterocycles. The topological polar surface area (TPSA) is 29.3 Å². The summed E-state index contributed by atoms with van der Waals surface area (Å²) in [5.41, 5.74) is 7.66. The first-order valence-corrected chi connectivity index (χ1v) is 7.21. The maximum absolute atomic E-state index is 13.0. The van der Waals surface area contributed by atoms with Gasteiger partial charge in [-0.25, -0.2) is 4.39 Å². The molecular formula is C13H21FN2S. The molecule has 0 bridgehead atoms. The van der Waals surface area contributed by atoms with Crippen LogP contribution in [0.4, 0.5) is 4.39 Å². The molecule has 4 heteroatoms. The fraction of sp³-hybridized carbons (Fsp3) is 0.538. The lowest BCUT2D eigenvalue weighted by atomic mass is 10.1. The molecule has 96 valence electrons. The lowest BCUT2D eigenvalue weighted by molar-refractivity contribution is 0.327. The number of rotatable bonds is 7. The minimum atomic E-state index is -0.209. The first-order chi connectivity index (χ1) is 8.17. The predicted molar refractivity (Wildman–Crippen MR) is 73.6 cm³/mol. The van der Waals surface area contributed by atoms with E-state index in [1.165, 1.54) is 24.3 Å². The highest BCUT2D eigenvalue weighted by atomic mass is 32.2. The summed E-state index contributed by atoms with van der Waals surface area (Å²) in [6, 6.07) is 4.87. The zero-order chi connectivity index (χ0) is 12.7. The van der Waals surface area contributed by atoms with Crippen molar-refractivity contribution in [3.63, 3.8) is 0 Å². The third-order valence-electron chi connectivity index (χ3n) is 2.72. The fourth-order valence-corrected chi connectivity index (χ4v) is 2.21. The van der Waals surface area contributed by atoms with Gasteiger partial charge in [0, 0.05) is 13.1 Å². The highest BCUT2D eigenvalue weighted by Gasteiger charge is 2.06. The highest BCUT2D eigenvalue weighted by molar-refractivity contribution is 7.98. The Kier molecular flexibility index (Phi) is 6.55. The van der Waals surface area contributed by atoms with E-state index < -0.39 is 0 Å². The van der Waals surface area contributed by atoms with Crippen LogP contribution in [-0.4, -0.2) is 30.5 Å². The Balaban J connectivity index is 2.55. The van der Waals surface area contributed by atoms with E-state index in [0.29, 0.717) is 6.54 Å². The van der Waals surface area contributed by atoms with Crippen molar-refractivity contribution in [1.29, 1.82) is 0 Å². The number of hydrogen-bond donors (Lipinski definition) is 1. The van der Waals surface area contributed by atoms with E-state index in [2.05, 4.69) is 18.2 Å². The smallest absolute Gasteiger partial charge is 0.123 e. The largest absolute Gasteiger partial charge is 0.326 e. The highest BCUT2D eigenvalue weighted by Crippen LogP contribution is 2.13. The molecule has 2 N–H and O–H groups in total. The Morgan fingerprint density at radius 3 is 2.76 bits per heavy atom. The molecular weight excluding hydrogens is 235 g/mol. The standard InChI is InChI=1S/C13H21FN2S/c1-16(6-3-7-17-2)10-11-4-5-13(14)8-12(11)9-15/h4-5,8H,3,6-7,9-10,15H2,1-2H3. The molecule has 1 aromatic carbocycles. The van der Waals surface area contributed by atoms with Crippen LogP contribution in [0.5, 0.6) is 0 Å². The Labute approximate surface area is 107 Å². The normalized spacial score (nSPS) is 11.1. The van der Waals surface area contributed by atoms with E-state index in [9.17, 15) is 4.39 Å². The Morgan fingerprint density at radius 2 is 2.12 bits per heavy atom. The van der Waals surface area contributed by atoms with E-state index in [-0.39, 0.29) is 5.82 Å². The van der Waals surface area contributed by atoms with Crippen LogP contribution in [0.2, 0.25) is 0 Å². The van der Waals surface area contributed by atoms with E-state index in [4.69, 9.17) is 5.73 Å². The fourth-order valence-electron chi connectivity index (χ4n) is 1.79. The molecule has 0 aromatic heterocycles. The van der Waals surface area contributed by atoms with Gasteiger partial charge in [0.25, 0.3) is 0 Å². The number of halogens is 1. The van der Waals surface area contributed by atoms with Gasteiger partial charge in [0.05, 0.1) is 0 Å². The van der Waals surface area contributed by atoms with Gasteiger partial charge in [-0.15, -0.1) is 0 Å². The summed E-state index contributed by atoms with van der Waals surface area (Å²) in [4.78, 5) is 2.25. The first-order valence-electron chi connectivity index (χ1n) is 5.82. The second-order valence-corrected chi connectivity index (χ2v) is 5.19. The third kappa shape index (κ3) is 5.06. The van der Waals surface area contributed by atoms with Crippen LogP contribution >= 0.6 is 11.8 Å². The van der Waals surface area contributed by atoms with Crippen LogP contribution in [0.1, 0.15) is 17.5 Å². The van der Waals surface area contributed by atoms with Crippen molar-refractivity contribution in [2.24, 2.45) is 5.73 Å². The van der Waals surface area contributed by atoms with Crippen molar-refractivity contribution >= 4 is 11.8 Å². The van der Waals surface area contributed by atoms with Gasteiger partial charge in [-0.1, -0.05) is 6.07 Å². The van der Waals surface area contributed by atoms with E-state index >= 15 is 0 Å². The molecule has 0 unspecified atom stereocenters. The molecule has 0 heterocycles. The molecule has 0 aliphatic carbocycles.